The zero-order valence-corrected chi connectivity index (χ0v) is 16.0. The van der Waals surface area contributed by atoms with Gasteiger partial charge in [0.1, 0.15) is 5.69 Å². The standard InChI is InChI=1S/C20H14F6N2O3/c1-10-17(11(2)31-28-10)30-18(29)27-14-6-3-12(4-7-14)15-9-13(19(21,22)23)5-8-16(15)20(24,25)26/h3-9H,1-2H3,(H,27,29). The summed E-state index contributed by atoms with van der Waals surface area (Å²) in [6.07, 6.45) is -10.6. The third kappa shape index (κ3) is 4.98. The van der Waals surface area contributed by atoms with E-state index in [1.165, 1.54) is 19.1 Å². The van der Waals surface area contributed by atoms with Gasteiger partial charge in [-0.1, -0.05) is 17.3 Å². The number of amides is 1. The summed E-state index contributed by atoms with van der Waals surface area (Å²) in [6, 6.07) is 6.02. The van der Waals surface area contributed by atoms with Gasteiger partial charge in [0.05, 0.1) is 11.1 Å². The minimum absolute atomic E-state index is 0.108. The fraction of sp³-hybridized carbons (Fsp3) is 0.200. The van der Waals surface area contributed by atoms with Gasteiger partial charge >= 0.3 is 18.4 Å². The van der Waals surface area contributed by atoms with Crippen LogP contribution in [0.5, 0.6) is 5.75 Å². The number of benzene rings is 2. The van der Waals surface area contributed by atoms with E-state index in [-0.39, 0.29) is 22.8 Å². The fourth-order valence-electron chi connectivity index (χ4n) is 2.80. The van der Waals surface area contributed by atoms with E-state index in [9.17, 15) is 31.1 Å². The molecule has 2 aromatic carbocycles. The maximum atomic E-state index is 13.3. The molecule has 0 bridgehead atoms. The number of hydrogen-bond acceptors (Lipinski definition) is 4. The molecular formula is C20H14F6N2O3. The monoisotopic (exact) mass is 444 g/mol. The van der Waals surface area contributed by atoms with Gasteiger partial charge in [0, 0.05) is 12.6 Å². The second-order valence-electron chi connectivity index (χ2n) is 6.50. The lowest BCUT2D eigenvalue weighted by molar-refractivity contribution is -0.141. The number of hydrogen-bond donors (Lipinski definition) is 1. The summed E-state index contributed by atoms with van der Waals surface area (Å²) >= 11 is 0. The Hall–Kier alpha value is -3.50. The Kier molecular flexibility index (Phi) is 5.70. The van der Waals surface area contributed by atoms with Crippen LogP contribution in [0.2, 0.25) is 0 Å². The molecule has 0 aliphatic heterocycles. The number of rotatable bonds is 3. The van der Waals surface area contributed by atoms with E-state index in [1.807, 2.05) is 0 Å². The molecule has 0 radical (unpaired) electrons. The van der Waals surface area contributed by atoms with Crippen molar-refractivity contribution in [2.75, 3.05) is 5.32 Å². The van der Waals surface area contributed by atoms with Gasteiger partial charge < -0.3 is 9.26 Å². The summed E-state index contributed by atoms with van der Waals surface area (Å²) in [5.41, 5.74) is -2.66. The lowest BCUT2D eigenvalue weighted by atomic mass is 9.96. The second-order valence-corrected chi connectivity index (χ2v) is 6.50. The van der Waals surface area contributed by atoms with E-state index in [1.54, 1.807) is 6.92 Å². The average Bonchev–Trinajstić information content (AvgIpc) is 2.98. The third-order valence-corrected chi connectivity index (χ3v) is 4.26. The molecule has 0 fully saturated rings. The van der Waals surface area contributed by atoms with E-state index in [0.717, 1.165) is 12.1 Å². The van der Waals surface area contributed by atoms with Gasteiger partial charge in [-0.05, 0) is 48.4 Å². The molecule has 1 N–H and O–H groups in total. The molecule has 0 saturated carbocycles. The number of nitrogens with one attached hydrogen (secondary N) is 1. The molecule has 31 heavy (non-hydrogen) atoms. The molecule has 0 aliphatic rings. The molecule has 3 aromatic rings. The van der Waals surface area contributed by atoms with Crippen LogP contribution in [0, 0.1) is 13.8 Å². The van der Waals surface area contributed by atoms with E-state index in [0.29, 0.717) is 23.9 Å². The number of nitrogens with zero attached hydrogens (tertiary/aromatic N) is 1. The first-order valence-electron chi connectivity index (χ1n) is 8.67. The summed E-state index contributed by atoms with van der Waals surface area (Å²) in [4.78, 5) is 12.0. The Balaban J connectivity index is 1.86. The first-order valence-corrected chi connectivity index (χ1v) is 8.67. The van der Waals surface area contributed by atoms with E-state index < -0.39 is 35.1 Å². The quantitative estimate of drug-likeness (QED) is 0.462. The average molecular weight is 444 g/mol. The fourth-order valence-corrected chi connectivity index (χ4v) is 2.80. The van der Waals surface area contributed by atoms with Gasteiger partial charge in [0.15, 0.2) is 11.5 Å². The molecule has 11 heteroatoms. The van der Waals surface area contributed by atoms with Gasteiger partial charge in [-0.25, -0.2) is 4.79 Å². The zero-order chi connectivity index (χ0) is 23.0. The van der Waals surface area contributed by atoms with Crippen molar-refractivity contribution in [1.82, 2.24) is 5.16 Å². The van der Waals surface area contributed by atoms with Crippen LogP contribution in [-0.2, 0) is 12.4 Å². The number of halogens is 6. The lowest BCUT2D eigenvalue weighted by Crippen LogP contribution is -2.17. The molecule has 0 saturated heterocycles. The molecule has 0 aliphatic carbocycles. The van der Waals surface area contributed by atoms with Gasteiger partial charge in [-0.2, -0.15) is 26.3 Å². The van der Waals surface area contributed by atoms with Crippen LogP contribution in [-0.4, -0.2) is 11.2 Å². The Morgan fingerprint density at radius 1 is 0.968 bits per heavy atom. The lowest BCUT2D eigenvalue weighted by Gasteiger charge is -2.16. The first kappa shape index (κ1) is 22.2. The molecule has 0 atom stereocenters. The molecule has 0 unspecified atom stereocenters. The molecule has 0 spiro atoms. The van der Waals surface area contributed by atoms with Crippen LogP contribution >= 0.6 is 0 Å². The van der Waals surface area contributed by atoms with Crippen molar-refractivity contribution in [3.8, 4) is 16.9 Å². The van der Waals surface area contributed by atoms with Crippen LogP contribution in [0.15, 0.2) is 47.0 Å². The molecule has 1 aromatic heterocycles. The summed E-state index contributed by atoms with van der Waals surface area (Å²) in [6.45, 7) is 3.09. The molecule has 164 valence electrons. The highest BCUT2D eigenvalue weighted by Gasteiger charge is 2.37. The van der Waals surface area contributed by atoms with Crippen molar-refractivity contribution < 1.29 is 40.4 Å². The van der Waals surface area contributed by atoms with Gasteiger partial charge in [0.25, 0.3) is 0 Å². The van der Waals surface area contributed by atoms with Crippen molar-refractivity contribution in [2.24, 2.45) is 0 Å². The van der Waals surface area contributed by atoms with Gasteiger partial charge in [0.2, 0.25) is 0 Å². The van der Waals surface area contributed by atoms with Crippen LogP contribution in [0.3, 0.4) is 0 Å². The Morgan fingerprint density at radius 2 is 1.61 bits per heavy atom. The third-order valence-electron chi connectivity index (χ3n) is 4.26. The Labute approximate surface area is 171 Å². The number of ether oxygens (including phenoxy) is 1. The molecule has 1 heterocycles. The highest BCUT2D eigenvalue weighted by Crippen LogP contribution is 2.40. The number of carbonyl (C=O) groups excluding carboxylic acids is 1. The Bertz CT molecular complexity index is 1080. The summed E-state index contributed by atoms with van der Waals surface area (Å²) in [5, 5.41) is 5.98. The van der Waals surface area contributed by atoms with Crippen LogP contribution in [0.4, 0.5) is 36.8 Å². The summed E-state index contributed by atoms with van der Waals surface area (Å²) in [5.74, 6) is 0.389. The van der Waals surface area contributed by atoms with E-state index >= 15 is 0 Å². The van der Waals surface area contributed by atoms with Crippen molar-refractivity contribution in [2.45, 2.75) is 26.2 Å². The predicted octanol–water partition coefficient (Wildman–Crippen LogP) is 6.61. The minimum atomic E-state index is -4.85. The van der Waals surface area contributed by atoms with E-state index in [4.69, 9.17) is 9.26 Å². The molecule has 3 rings (SSSR count). The highest BCUT2D eigenvalue weighted by atomic mass is 19.4. The normalized spacial score (nSPS) is 12.0. The molecule has 1 amide bonds. The van der Waals surface area contributed by atoms with Crippen molar-refractivity contribution in [3.05, 3.63) is 65.0 Å². The summed E-state index contributed by atoms with van der Waals surface area (Å²) < 4.78 is 88.7. The minimum Gasteiger partial charge on any atom is -0.404 e. The van der Waals surface area contributed by atoms with Crippen LogP contribution < -0.4 is 10.1 Å². The smallest absolute Gasteiger partial charge is 0.404 e. The largest absolute Gasteiger partial charge is 0.417 e. The number of aromatic nitrogens is 1. The van der Waals surface area contributed by atoms with Crippen molar-refractivity contribution in [3.63, 3.8) is 0 Å². The first-order chi connectivity index (χ1) is 14.4. The van der Waals surface area contributed by atoms with Crippen LogP contribution in [0.25, 0.3) is 11.1 Å². The number of anilines is 1. The maximum absolute atomic E-state index is 13.3. The highest BCUT2D eigenvalue weighted by molar-refractivity contribution is 5.87. The molecular weight excluding hydrogens is 430 g/mol. The van der Waals surface area contributed by atoms with Crippen molar-refractivity contribution >= 4 is 11.8 Å². The Morgan fingerprint density at radius 3 is 2.13 bits per heavy atom. The number of aryl methyl sites for hydroxylation is 2. The zero-order valence-electron chi connectivity index (χ0n) is 16.0. The molecule has 5 nitrogen and oxygen atoms in total. The second kappa shape index (κ2) is 7.97. The predicted molar refractivity (Wildman–Crippen MR) is 97.5 cm³/mol. The van der Waals surface area contributed by atoms with E-state index in [2.05, 4.69) is 10.5 Å². The van der Waals surface area contributed by atoms with Gasteiger partial charge in [-0.15, -0.1) is 0 Å². The number of carbonyl (C=O) groups is 1. The van der Waals surface area contributed by atoms with Gasteiger partial charge in [-0.3, -0.25) is 5.32 Å². The van der Waals surface area contributed by atoms with Crippen LogP contribution in [0.1, 0.15) is 22.6 Å². The number of alkyl halides is 6. The summed E-state index contributed by atoms with van der Waals surface area (Å²) in [7, 11) is 0. The topological polar surface area (TPSA) is 64.4 Å². The van der Waals surface area contributed by atoms with Crippen molar-refractivity contribution in [1.29, 1.82) is 0 Å². The maximum Gasteiger partial charge on any atom is 0.417 e. The SMILES string of the molecule is Cc1noc(C)c1OC(=O)Nc1ccc(-c2cc(C(F)(F)F)ccc2C(F)(F)F)cc1.